The molecule has 0 radical (unpaired) electrons. The number of anilines is 1. The zero-order valence-electron chi connectivity index (χ0n) is 10.7. The van der Waals surface area contributed by atoms with E-state index in [-0.39, 0.29) is 0 Å². The van der Waals surface area contributed by atoms with Gasteiger partial charge in [0.15, 0.2) is 16.6 Å². The van der Waals surface area contributed by atoms with E-state index in [0.717, 1.165) is 27.3 Å². The molecule has 0 spiro atoms. The third-order valence-electron chi connectivity index (χ3n) is 3.23. The molecule has 98 valence electrons. The zero-order valence-corrected chi connectivity index (χ0v) is 11.6. The third kappa shape index (κ3) is 1.65. The largest absolute Gasteiger partial charge is 0.375 e. The van der Waals surface area contributed by atoms with E-state index in [1.807, 2.05) is 41.8 Å². The van der Waals surface area contributed by atoms with E-state index >= 15 is 0 Å². The highest BCUT2D eigenvalue weighted by molar-refractivity contribution is 7.22. The first kappa shape index (κ1) is 11.4. The molecule has 0 saturated carbocycles. The lowest BCUT2D eigenvalue weighted by molar-refractivity contribution is 1.11. The minimum atomic E-state index is 0.582. The molecule has 20 heavy (non-hydrogen) atoms. The highest BCUT2D eigenvalue weighted by Gasteiger charge is 2.10. The molecule has 6 heteroatoms. The topological polar surface area (TPSA) is 69.1 Å². The summed E-state index contributed by atoms with van der Waals surface area (Å²) in [6.07, 6.45) is 1.99. The van der Waals surface area contributed by atoms with E-state index in [9.17, 15) is 0 Å². The molecule has 4 aromatic rings. The number of hydrogen-bond donors (Lipinski definition) is 1. The van der Waals surface area contributed by atoms with Crippen LogP contribution in [-0.2, 0) is 0 Å². The molecular weight excluding hydrogens is 270 g/mol. The van der Waals surface area contributed by atoms with E-state index in [1.165, 1.54) is 16.9 Å². The number of aryl methyl sites for hydroxylation is 1. The summed E-state index contributed by atoms with van der Waals surface area (Å²) in [5.41, 5.74) is 9.69. The normalized spacial score (nSPS) is 11.4. The van der Waals surface area contributed by atoms with Crippen LogP contribution in [0.4, 0.5) is 5.13 Å². The first-order chi connectivity index (χ1) is 9.70. The number of fused-ring (bicyclic) bond motifs is 2. The molecule has 1 aromatic carbocycles. The van der Waals surface area contributed by atoms with E-state index in [2.05, 4.69) is 21.2 Å². The summed E-state index contributed by atoms with van der Waals surface area (Å²) in [5, 5.41) is 9.09. The fourth-order valence-electron chi connectivity index (χ4n) is 2.27. The van der Waals surface area contributed by atoms with Gasteiger partial charge in [-0.3, -0.25) is 4.40 Å². The maximum atomic E-state index is 5.74. The fraction of sp³-hybridized carbons (Fsp3) is 0.0714. The Morgan fingerprint density at radius 3 is 2.95 bits per heavy atom. The summed E-state index contributed by atoms with van der Waals surface area (Å²) in [6.45, 7) is 2.04. The Labute approximate surface area is 118 Å². The SMILES string of the molecule is Cc1ccn2c(-c3ccc4nc(N)sc4c3)nnc2c1. The van der Waals surface area contributed by atoms with Crippen LogP contribution in [0.2, 0.25) is 0 Å². The molecule has 4 rings (SSSR count). The molecule has 0 bridgehead atoms. The van der Waals surface area contributed by atoms with Gasteiger partial charge in [-0.05, 0) is 42.8 Å². The number of rotatable bonds is 1. The number of nitrogen functional groups attached to an aromatic ring is 1. The zero-order chi connectivity index (χ0) is 13.7. The quantitative estimate of drug-likeness (QED) is 0.582. The number of aromatic nitrogens is 4. The third-order valence-corrected chi connectivity index (χ3v) is 4.08. The van der Waals surface area contributed by atoms with Gasteiger partial charge in [0.25, 0.3) is 0 Å². The molecule has 0 fully saturated rings. The lowest BCUT2D eigenvalue weighted by Crippen LogP contribution is -1.89. The maximum Gasteiger partial charge on any atom is 0.181 e. The van der Waals surface area contributed by atoms with Gasteiger partial charge in [-0.1, -0.05) is 11.3 Å². The van der Waals surface area contributed by atoms with Crippen LogP contribution >= 0.6 is 11.3 Å². The maximum absolute atomic E-state index is 5.74. The molecule has 0 saturated heterocycles. The monoisotopic (exact) mass is 281 g/mol. The number of nitrogens with zero attached hydrogens (tertiary/aromatic N) is 4. The smallest absolute Gasteiger partial charge is 0.181 e. The predicted molar refractivity (Wildman–Crippen MR) is 80.8 cm³/mol. The van der Waals surface area contributed by atoms with Crippen molar-refractivity contribution in [3.63, 3.8) is 0 Å². The Hall–Kier alpha value is -2.47. The van der Waals surface area contributed by atoms with Crippen molar-refractivity contribution in [3.05, 3.63) is 42.1 Å². The van der Waals surface area contributed by atoms with Crippen LogP contribution in [0, 0.1) is 6.92 Å². The summed E-state index contributed by atoms with van der Waals surface area (Å²) in [7, 11) is 0. The minimum Gasteiger partial charge on any atom is -0.375 e. The van der Waals surface area contributed by atoms with Crippen LogP contribution in [0.25, 0.3) is 27.3 Å². The van der Waals surface area contributed by atoms with Crippen molar-refractivity contribution in [2.75, 3.05) is 5.73 Å². The van der Waals surface area contributed by atoms with Crippen molar-refractivity contribution >= 4 is 32.3 Å². The first-order valence-corrected chi connectivity index (χ1v) is 7.00. The molecule has 3 aromatic heterocycles. The van der Waals surface area contributed by atoms with Crippen molar-refractivity contribution in [2.24, 2.45) is 0 Å². The molecule has 5 nitrogen and oxygen atoms in total. The molecule has 0 atom stereocenters. The highest BCUT2D eigenvalue weighted by atomic mass is 32.1. The summed E-state index contributed by atoms with van der Waals surface area (Å²) >= 11 is 1.48. The van der Waals surface area contributed by atoms with Crippen molar-refractivity contribution in [1.29, 1.82) is 0 Å². The molecule has 0 amide bonds. The summed E-state index contributed by atoms with van der Waals surface area (Å²) < 4.78 is 3.04. The van der Waals surface area contributed by atoms with Gasteiger partial charge in [-0.2, -0.15) is 0 Å². The lowest BCUT2D eigenvalue weighted by atomic mass is 10.2. The number of pyridine rings is 1. The molecule has 0 aliphatic carbocycles. The molecule has 3 heterocycles. The molecule has 0 aliphatic rings. The molecule has 0 aliphatic heterocycles. The van der Waals surface area contributed by atoms with Crippen LogP contribution in [0.3, 0.4) is 0 Å². The minimum absolute atomic E-state index is 0.582. The van der Waals surface area contributed by atoms with Gasteiger partial charge < -0.3 is 5.73 Å². The molecule has 0 unspecified atom stereocenters. The molecular formula is C14H11N5S. The Morgan fingerprint density at radius 1 is 1.15 bits per heavy atom. The fourth-order valence-corrected chi connectivity index (χ4v) is 3.04. The summed E-state index contributed by atoms with van der Waals surface area (Å²) in [4.78, 5) is 4.26. The molecule has 2 N–H and O–H groups in total. The van der Waals surface area contributed by atoms with Gasteiger partial charge in [0.05, 0.1) is 10.2 Å². The van der Waals surface area contributed by atoms with Crippen LogP contribution < -0.4 is 5.73 Å². The van der Waals surface area contributed by atoms with Crippen molar-refractivity contribution < 1.29 is 0 Å². The summed E-state index contributed by atoms with van der Waals surface area (Å²) in [5.74, 6) is 0.828. The highest BCUT2D eigenvalue weighted by Crippen LogP contribution is 2.28. The van der Waals surface area contributed by atoms with Crippen molar-refractivity contribution in [1.82, 2.24) is 19.6 Å². The summed E-state index contributed by atoms with van der Waals surface area (Å²) in [6, 6.07) is 10.1. The van der Waals surface area contributed by atoms with Gasteiger partial charge in [-0.15, -0.1) is 10.2 Å². The second-order valence-corrected chi connectivity index (χ2v) is 5.75. The second-order valence-electron chi connectivity index (χ2n) is 4.69. The number of nitrogens with two attached hydrogens (primary N) is 1. The van der Waals surface area contributed by atoms with Crippen LogP contribution in [0.15, 0.2) is 36.5 Å². The predicted octanol–water partition coefficient (Wildman–Crippen LogP) is 2.90. The van der Waals surface area contributed by atoms with Crippen molar-refractivity contribution in [3.8, 4) is 11.4 Å². The van der Waals surface area contributed by atoms with Crippen LogP contribution in [0.5, 0.6) is 0 Å². The van der Waals surface area contributed by atoms with Gasteiger partial charge in [0, 0.05) is 11.8 Å². The second kappa shape index (κ2) is 4.01. The number of hydrogen-bond acceptors (Lipinski definition) is 5. The van der Waals surface area contributed by atoms with Gasteiger partial charge in [0.2, 0.25) is 0 Å². The average Bonchev–Trinajstić information content (AvgIpc) is 2.99. The Kier molecular flexibility index (Phi) is 2.28. The van der Waals surface area contributed by atoms with Gasteiger partial charge >= 0.3 is 0 Å². The van der Waals surface area contributed by atoms with Crippen LogP contribution in [0.1, 0.15) is 5.56 Å². The Bertz CT molecular complexity index is 937. The van der Waals surface area contributed by atoms with E-state index in [1.54, 1.807) is 0 Å². The standard InChI is InChI=1S/C14H11N5S/c1-8-4-5-19-12(6-8)17-18-13(19)9-2-3-10-11(7-9)20-14(15)16-10/h2-7H,1H3,(H2,15,16). The van der Waals surface area contributed by atoms with E-state index in [4.69, 9.17) is 5.73 Å². The first-order valence-electron chi connectivity index (χ1n) is 6.18. The Balaban J connectivity index is 1.95. The Morgan fingerprint density at radius 2 is 2.05 bits per heavy atom. The van der Waals surface area contributed by atoms with Gasteiger partial charge in [0.1, 0.15) is 0 Å². The van der Waals surface area contributed by atoms with E-state index < -0.39 is 0 Å². The number of thiazole rings is 1. The van der Waals surface area contributed by atoms with Crippen molar-refractivity contribution in [2.45, 2.75) is 6.92 Å². The number of benzene rings is 1. The lowest BCUT2D eigenvalue weighted by Gasteiger charge is -2.00. The average molecular weight is 281 g/mol. The van der Waals surface area contributed by atoms with Crippen LogP contribution in [-0.4, -0.2) is 19.6 Å². The van der Waals surface area contributed by atoms with E-state index in [0.29, 0.717) is 5.13 Å². The van der Waals surface area contributed by atoms with Gasteiger partial charge in [-0.25, -0.2) is 4.98 Å².